The Hall–Kier alpha value is -1.68. The third kappa shape index (κ3) is 5.41. The molecule has 0 N–H and O–H groups in total. The number of piperidine rings is 1. The average Bonchev–Trinajstić information content (AvgIpc) is 2.62. The van der Waals surface area contributed by atoms with Crippen LogP contribution in [0.1, 0.15) is 45.2 Å². The molecule has 6 heteroatoms. The van der Waals surface area contributed by atoms with Gasteiger partial charge in [0.1, 0.15) is 12.3 Å². The van der Waals surface area contributed by atoms with Crippen LogP contribution in [-0.4, -0.2) is 61.2 Å². The molecule has 2 fully saturated rings. The van der Waals surface area contributed by atoms with E-state index in [2.05, 4.69) is 26.7 Å². The maximum atomic E-state index is 6.17. The fourth-order valence-electron chi connectivity index (χ4n) is 3.19. The lowest BCUT2D eigenvalue weighted by Crippen LogP contribution is -2.43. The Morgan fingerprint density at radius 1 is 1.19 bits per heavy atom. The quantitative estimate of drug-likeness (QED) is 0.727. The standard InChI is InChI=1S/C20H29N3O3/c1-15(2)25-12-4-5-16-6-9-21-20(22-16)23-10-7-17(8-11-23)26-19-13-18(14-19)24-3/h6,9,15,17-19H,7-8,10-14H2,1-3H3. The number of rotatable bonds is 6. The first-order chi connectivity index (χ1) is 12.6. The molecule has 0 atom stereocenters. The molecule has 1 aromatic rings. The van der Waals surface area contributed by atoms with Gasteiger partial charge in [0.2, 0.25) is 5.95 Å². The zero-order valence-corrected chi connectivity index (χ0v) is 16.0. The van der Waals surface area contributed by atoms with Crippen molar-refractivity contribution in [3.63, 3.8) is 0 Å². The second kappa shape index (κ2) is 9.31. The molecule has 2 heterocycles. The van der Waals surface area contributed by atoms with Crippen LogP contribution in [0.3, 0.4) is 0 Å². The van der Waals surface area contributed by atoms with Crippen LogP contribution in [0.15, 0.2) is 12.3 Å². The van der Waals surface area contributed by atoms with Gasteiger partial charge in [-0.2, -0.15) is 0 Å². The predicted octanol–water partition coefficient (Wildman–Crippen LogP) is 2.42. The first-order valence-corrected chi connectivity index (χ1v) is 9.50. The van der Waals surface area contributed by atoms with E-state index in [9.17, 15) is 0 Å². The Kier molecular flexibility index (Phi) is 6.84. The van der Waals surface area contributed by atoms with Gasteiger partial charge < -0.3 is 19.1 Å². The van der Waals surface area contributed by atoms with Crippen LogP contribution in [0, 0.1) is 11.8 Å². The summed E-state index contributed by atoms with van der Waals surface area (Å²) in [6, 6.07) is 1.84. The molecule has 1 aliphatic carbocycles. The van der Waals surface area contributed by atoms with Crippen molar-refractivity contribution in [2.45, 2.75) is 63.9 Å². The predicted molar refractivity (Wildman–Crippen MR) is 100 cm³/mol. The molecule has 1 saturated heterocycles. The number of hydrogen-bond acceptors (Lipinski definition) is 6. The van der Waals surface area contributed by atoms with Gasteiger partial charge in [0.05, 0.1) is 24.4 Å². The zero-order chi connectivity index (χ0) is 18.4. The van der Waals surface area contributed by atoms with E-state index < -0.39 is 0 Å². The molecular formula is C20H29N3O3. The minimum absolute atomic E-state index is 0.189. The van der Waals surface area contributed by atoms with Gasteiger partial charge in [-0.1, -0.05) is 5.92 Å². The van der Waals surface area contributed by atoms with E-state index in [1.54, 1.807) is 13.3 Å². The molecule has 1 aromatic heterocycles. The van der Waals surface area contributed by atoms with Crippen molar-refractivity contribution in [1.29, 1.82) is 0 Å². The van der Waals surface area contributed by atoms with Gasteiger partial charge in [-0.25, -0.2) is 9.97 Å². The summed E-state index contributed by atoms with van der Waals surface area (Å²) in [5, 5.41) is 0. The summed E-state index contributed by atoms with van der Waals surface area (Å²) < 4.78 is 16.9. The molecule has 6 nitrogen and oxygen atoms in total. The largest absolute Gasteiger partial charge is 0.381 e. The second-order valence-electron chi connectivity index (χ2n) is 7.18. The van der Waals surface area contributed by atoms with Crippen molar-refractivity contribution in [2.75, 3.05) is 31.7 Å². The Labute approximate surface area is 156 Å². The highest BCUT2D eigenvalue weighted by atomic mass is 16.5. The fraction of sp³-hybridized carbons (Fsp3) is 0.700. The summed E-state index contributed by atoms with van der Waals surface area (Å²) in [5.74, 6) is 6.80. The molecule has 0 radical (unpaired) electrons. The lowest BCUT2D eigenvalue weighted by molar-refractivity contribution is -0.119. The summed E-state index contributed by atoms with van der Waals surface area (Å²) in [4.78, 5) is 11.2. The lowest BCUT2D eigenvalue weighted by atomic mass is 9.91. The minimum atomic E-state index is 0.189. The monoisotopic (exact) mass is 359 g/mol. The van der Waals surface area contributed by atoms with Gasteiger partial charge in [-0.05, 0) is 51.5 Å². The van der Waals surface area contributed by atoms with E-state index in [1.807, 2.05) is 19.9 Å². The number of ether oxygens (including phenoxy) is 3. The third-order valence-corrected chi connectivity index (χ3v) is 4.84. The topological polar surface area (TPSA) is 56.7 Å². The zero-order valence-electron chi connectivity index (χ0n) is 16.0. The summed E-state index contributed by atoms with van der Waals surface area (Å²) in [7, 11) is 1.77. The van der Waals surface area contributed by atoms with Crippen molar-refractivity contribution >= 4 is 5.95 Å². The molecule has 0 amide bonds. The SMILES string of the molecule is COC1CC(OC2CCN(c3nccc(C#CCOC(C)C)n3)CC2)C1. The van der Waals surface area contributed by atoms with Crippen LogP contribution < -0.4 is 4.90 Å². The first-order valence-electron chi connectivity index (χ1n) is 9.50. The van der Waals surface area contributed by atoms with Crippen molar-refractivity contribution in [1.82, 2.24) is 9.97 Å². The number of nitrogens with zero attached hydrogens (tertiary/aromatic N) is 3. The van der Waals surface area contributed by atoms with Crippen LogP contribution in [0.5, 0.6) is 0 Å². The van der Waals surface area contributed by atoms with E-state index in [1.165, 1.54) is 0 Å². The maximum Gasteiger partial charge on any atom is 0.226 e. The number of aromatic nitrogens is 2. The molecular weight excluding hydrogens is 330 g/mol. The number of methoxy groups -OCH3 is 1. The van der Waals surface area contributed by atoms with Crippen molar-refractivity contribution in [2.24, 2.45) is 0 Å². The highest BCUT2D eigenvalue weighted by Gasteiger charge is 2.33. The number of anilines is 1. The van der Waals surface area contributed by atoms with Gasteiger partial charge in [-0.3, -0.25) is 0 Å². The van der Waals surface area contributed by atoms with Gasteiger partial charge >= 0.3 is 0 Å². The Bertz CT molecular complexity index is 627. The van der Waals surface area contributed by atoms with Crippen molar-refractivity contribution < 1.29 is 14.2 Å². The molecule has 1 saturated carbocycles. The van der Waals surface area contributed by atoms with Gasteiger partial charge in [0.15, 0.2) is 0 Å². The van der Waals surface area contributed by atoms with E-state index in [0.717, 1.165) is 50.4 Å². The van der Waals surface area contributed by atoms with Gasteiger partial charge in [-0.15, -0.1) is 0 Å². The Balaban J connectivity index is 1.46. The molecule has 0 unspecified atom stereocenters. The molecule has 0 aromatic carbocycles. The maximum absolute atomic E-state index is 6.17. The molecule has 2 aliphatic rings. The van der Waals surface area contributed by atoms with Crippen molar-refractivity contribution in [3.05, 3.63) is 18.0 Å². The summed E-state index contributed by atoms with van der Waals surface area (Å²) in [6.45, 7) is 6.25. The van der Waals surface area contributed by atoms with Crippen LogP contribution in [-0.2, 0) is 14.2 Å². The van der Waals surface area contributed by atoms with Gasteiger partial charge in [0.25, 0.3) is 0 Å². The van der Waals surface area contributed by atoms with E-state index in [0.29, 0.717) is 24.9 Å². The molecule has 0 spiro atoms. The van der Waals surface area contributed by atoms with E-state index >= 15 is 0 Å². The molecule has 0 bridgehead atoms. The molecule has 1 aliphatic heterocycles. The van der Waals surface area contributed by atoms with Crippen LogP contribution in [0.4, 0.5) is 5.95 Å². The van der Waals surface area contributed by atoms with Gasteiger partial charge in [0, 0.05) is 26.4 Å². The van der Waals surface area contributed by atoms with Crippen LogP contribution in [0.25, 0.3) is 0 Å². The number of hydrogen-bond donors (Lipinski definition) is 0. The smallest absolute Gasteiger partial charge is 0.226 e. The summed E-state index contributed by atoms with van der Waals surface area (Å²) in [6.07, 6.45) is 7.15. The Morgan fingerprint density at radius 3 is 2.65 bits per heavy atom. The molecule has 26 heavy (non-hydrogen) atoms. The lowest BCUT2D eigenvalue weighted by Gasteiger charge is -2.39. The summed E-state index contributed by atoms with van der Waals surface area (Å²) in [5.41, 5.74) is 0.737. The van der Waals surface area contributed by atoms with Crippen LogP contribution >= 0.6 is 0 Å². The normalized spacial score (nSPS) is 23.5. The van der Waals surface area contributed by atoms with Crippen molar-refractivity contribution in [3.8, 4) is 11.8 Å². The average molecular weight is 359 g/mol. The molecule has 3 rings (SSSR count). The molecule has 142 valence electrons. The second-order valence-corrected chi connectivity index (χ2v) is 7.18. The van der Waals surface area contributed by atoms with E-state index in [-0.39, 0.29) is 6.10 Å². The van der Waals surface area contributed by atoms with E-state index in [4.69, 9.17) is 14.2 Å². The fourth-order valence-corrected chi connectivity index (χ4v) is 3.19. The first kappa shape index (κ1) is 19.1. The highest BCUT2D eigenvalue weighted by molar-refractivity contribution is 5.36. The Morgan fingerprint density at radius 2 is 1.96 bits per heavy atom. The third-order valence-electron chi connectivity index (χ3n) is 4.84. The summed E-state index contributed by atoms with van der Waals surface area (Å²) >= 11 is 0. The highest BCUT2D eigenvalue weighted by Crippen LogP contribution is 2.29. The van der Waals surface area contributed by atoms with Crippen LogP contribution in [0.2, 0.25) is 0 Å². The minimum Gasteiger partial charge on any atom is -0.381 e.